The normalized spacial score (nSPS) is 20.8. The molecule has 2 unspecified atom stereocenters. The van der Waals surface area contributed by atoms with Crippen molar-refractivity contribution in [1.29, 1.82) is 0 Å². The van der Waals surface area contributed by atoms with Crippen LogP contribution in [-0.4, -0.2) is 34.3 Å². The lowest BCUT2D eigenvalue weighted by molar-refractivity contribution is 0.228. The molecule has 130 valence electrons. The Hall–Kier alpha value is -1.76. The maximum absolute atomic E-state index is 13.2. The molecule has 2 atom stereocenters. The van der Waals surface area contributed by atoms with Gasteiger partial charge in [0.15, 0.2) is 0 Å². The van der Waals surface area contributed by atoms with E-state index in [2.05, 4.69) is 40.9 Å². The molecular weight excluding hydrogens is 305 g/mol. The molecule has 2 heterocycles. The Kier molecular flexibility index (Phi) is 5.60. The molecule has 0 aliphatic carbocycles. The summed E-state index contributed by atoms with van der Waals surface area (Å²) in [5, 5.41) is 4.35. The van der Waals surface area contributed by atoms with E-state index in [-0.39, 0.29) is 11.9 Å². The van der Waals surface area contributed by atoms with Crippen LogP contribution in [0.4, 0.5) is 4.39 Å². The quantitative estimate of drug-likeness (QED) is 0.817. The molecule has 2 N–H and O–H groups in total. The average molecular weight is 331 g/mol. The molecule has 6 heteroatoms. The molecule has 3 rings (SSSR count). The summed E-state index contributed by atoms with van der Waals surface area (Å²) in [6.45, 7) is 8.97. The van der Waals surface area contributed by atoms with E-state index in [1.165, 1.54) is 17.7 Å². The van der Waals surface area contributed by atoms with Gasteiger partial charge in [-0.1, -0.05) is 19.1 Å². The van der Waals surface area contributed by atoms with Gasteiger partial charge in [0, 0.05) is 43.9 Å². The van der Waals surface area contributed by atoms with E-state index < -0.39 is 0 Å². The fourth-order valence-electron chi connectivity index (χ4n) is 3.29. The van der Waals surface area contributed by atoms with Crippen molar-refractivity contribution in [3.8, 4) is 0 Å². The molecule has 1 fully saturated rings. The van der Waals surface area contributed by atoms with Crippen molar-refractivity contribution >= 4 is 0 Å². The Morgan fingerprint density at radius 3 is 2.75 bits per heavy atom. The molecule has 0 bridgehead atoms. The number of nitrogens with zero attached hydrogens (tertiary/aromatic N) is 3. The van der Waals surface area contributed by atoms with Crippen LogP contribution in [0.2, 0.25) is 0 Å². The highest BCUT2D eigenvalue weighted by atomic mass is 19.1. The van der Waals surface area contributed by atoms with E-state index >= 15 is 0 Å². The highest BCUT2D eigenvalue weighted by molar-refractivity contribution is 5.21. The summed E-state index contributed by atoms with van der Waals surface area (Å²) in [7, 11) is 0. The van der Waals surface area contributed by atoms with Crippen LogP contribution >= 0.6 is 0 Å². The third kappa shape index (κ3) is 4.01. The highest BCUT2D eigenvalue weighted by Crippen LogP contribution is 2.26. The fourth-order valence-corrected chi connectivity index (χ4v) is 3.29. The van der Waals surface area contributed by atoms with Gasteiger partial charge >= 0.3 is 0 Å². The Bertz CT molecular complexity index is 639. The second-order valence-corrected chi connectivity index (χ2v) is 6.35. The first kappa shape index (κ1) is 17.1. The fraction of sp³-hybridized carbons (Fsp3) is 0.500. The standard InChI is InChI=1S/C18H26FN5/c1-3-23(11-14-9-21-24(4-2)12-14)13-16-10-20-22-18(16)15-5-7-17(19)8-6-15/h5-9,12,16,18,20,22H,3-4,10-11,13H2,1-2H3. The SMILES string of the molecule is CCN(Cc1cnn(CC)c1)CC1CNNC1c1ccc(F)cc1. The molecule has 24 heavy (non-hydrogen) atoms. The van der Waals surface area contributed by atoms with E-state index in [1.54, 1.807) is 0 Å². The van der Waals surface area contributed by atoms with E-state index in [1.807, 2.05) is 23.0 Å². The molecule has 1 aromatic carbocycles. The molecule has 1 aromatic heterocycles. The first-order valence-corrected chi connectivity index (χ1v) is 8.67. The first-order chi connectivity index (χ1) is 11.7. The van der Waals surface area contributed by atoms with Crippen LogP contribution in [0.25, 0.3) is 0 Å². The Labute approximate surface area is 142 Å². The minimum atomic E-state index is -0.190. The molecule has 1 aliphatic heterocycles. The summed E-state index contributed by atoms with van der Waals surface area (Å²) in [4.78, 5) is 2.44. The predicted octanol–water partition coefficient (Wildman–Crippen LogP) is 2.33. The third-order valence-corrected chi connectivity index (χ3v) is 4.68. The summed E-state index contributed by atoms with van der Waals surface area (Å²) in [6, 6.07) is 7.01. The number of hydrogen-bond acceptors (Lipinski definition) is 4. The Morgan fingerprint density at radius 1 is 1.29 bits per heavy atom. The summed E-state index contributed by atoms with van der Waals surface area (Å²) < 4.78 is 15.1. The number of rotatable bonds is 7. The van der Waals surface area contributed by atoms with E-state index in [0.717, 1.165) is 38.3 Å². The largest absolute Gasteiger partial charge is 0.299 e. The van der Waals surface area contributed by atoms with Gasteiger partial charge in [0.1, 0.15) is 5.82 Å². The molecule has 0 amide bonds. The number of aryl methyl sites for hydroxylation is 1. The predicted molar refractivity (Wildman–Crippen MR) is 92.6 cm³/mol. The molecule has 5 nitrogen and oxygen atoms in total. The van der Waals surface area contributed by atoms with Gasteiger partial charge in [0.25, 0.3) is 0 Å². The lowest BCUT2D eigenvalue weighted by atomic mass is 9.94. The highest BCUT2D eigenvalue weighted by Gasteiger charge is 2.29. The van der Waals surface area contributed by atoms with Crippen molar-refractivity contribution in [2.75, 3.05) is 19.6 Å². The summed E-state index contributed by atoms with van der Waals surface area (Å²) in [5.41, 5.74) is 8.96. The van der Waals surface area contributed by atoms with Crippen molar-refractivity contribution in [3.63, 3.8) is 0 Å². The van der Waals surface area contributed by atoms with Gasteiger partial charge in [0.05, 0.1) is 12.2 Å². The molecule has 0 spiro atoms. The monoisotopic (exact) mass is 331 g/mol. The number of aromatic nitrogens is 2. The van der Waals surface area contributed by atoms with Gasteiger partial charge in [-0.3, -0.25) is 15.0 Å². The van der Waals surface area contributed by atoms with Gasteiger partial charge in [0.2, 0.25) is 0 Å². The summed E-state index contributed by atoms with van der Waals surface area (Å²) in [6.07, 6.45) is 4.07. The summed E-state index contributed by atoms with van der Waals surface area (Å²) in [5.74, 6) is 0.251. The van der Waals surface area contributed by atoms with Crippen LogP contribution in [0.15, 0.2) is 36.7 Å². The smallest absolute Gasteiger partial charge is 0.123 e. The molecule has 2 aromatic rings. The Morgan fingerprint density at radius 2 is 2.08 bits per heavy atom. The van der Waals surface area contributed by atoms with E-state index in [0.29, 0.717) is 5.92 Å². The van der Waals surface area contributed by atoms with Gasteiger partial charge in [-0.15, -0.1) is 0 Å². The van der Waals surface area contributed by atoms with Gasteiger partial charge in [-0.25, -0.2) is 9.82 Å². The van der Waals surface area contributed by atoms with Crippen LogP contribution in [0.5, 0.6) is 0 Å². The van der Waals surface area contributed by atoms with Crippen molar-refractivity contribution in [3.05, 3.63) is 53.6 Å². The zero-order valence-electron chi connectivity index (χ0n) is 14.4. The maximum atomic E-state index is 13.2. The van der Waals surface area contributed by atoms with Crippen LogP contribution in [-0.2, 0) is 13.1 Å². The van der Waals surface area contributed by atoms with Crippen LogP contribution in [0.1, 0.15) is 31.0 Å². The third-order valence-electron chi connectivity index (χ3n) is 4.68. The van der Waals surface area contributed by atoms with Gasteiger partial charge in [-0.05, 0) is 31.2 Å². The van der Waals surface area contributed by atoms with Crippen molar-refractivity contribution in [2.24, 2.45) is 5.92 Å². The minimum Gasteiger partial charge on any atom is -0.299 e. The minimum absolute atomic E-state index is 0.190. The molecule has 0 saturated carbocycles. The van der Waals surface area contributed by atoms with Crippen LogP contribution < -0.4 is 10.9 Å². The van der Waals surface area contributed by atoms with Crippen molar-refractivity contribution in [2.45, 2.75) is 33.0 Å². The van der Waals surface area contributed by atoms with Gasteiger partial charge < -0.3 is 0 Å². The zero-order valence-corrected chi connectivity index (χ0v) is 14.4. The summed E-state index contributed by atoms with van der Waals surface area (Å²) >= 11 is 0. The van der Waals surface area contributed by atoms with E-state index in [4.69, 9.17) is 0 Å². The van der Waals surface area contributed by atoms with Crippen molar-refractivity contribution in [1.82, 2.24) is 25.5 Å². The second kappa shape index (κ2) is 7.88. The zero-order chi connectivity index (χ0) is 16.9. The molecular formula is C18H26FN5. The molecule has 1 saturated heterocycles. The lowest BCUT2D eigenvalue weighted by Gasteiger charge is -2.26. The number of hydrazine groups is 1. The first-order valence-electron chi connectivity index (χ1n) is 8.67. The van der Waals surface area contributed by atoms with Crippen LogP contribution in [0, 0.1) is 11.7 Å². The topological polar surface area (TPSA) is 45.1 Å². The average Bonchev–Trinajstić information content (AvgIpc) is 3.24. The van der Waals surface area contributed by atoms with E-state index in [9.17, 15) is 4.39 Å². The second-order valence-electron chi connectivity index (χ2n) is 6.35. The maximum Gasteiger partial charge on any atom is 0.123 e. The lowest BCUT2D eigenvalue weighted by Crippen LogP contribution is -2.32. The molecule has 1 aliphatic rings. The van der Waals surface area contributed by atoms with Crippen molar-refractivity contribution < 1.29 is 4.39 Å². The van der Waals surface area contributed by atoms with Gasteiger partial charge in [-0.2, -0.15) is 5.10 Å². The molecule has 0 radical (unpaired) electrons. The number of halogens is 1. The van der Waals surface area contributed by atoms with Crippen LogP contribution in [0.3, 0.4) is 0 Å². The Balaban J connectivity index is 1.64. The number of hydrogen-bond donors (Lipinski definition) is 2. The number of benzene rings is 1. The number of nitrogens with one attached hydrogen (secondary N) is 2.